The van der Waals surface area contributed by atoms with Gasteiger partial charge in [-0.05, 0) is 65.9 Å². The lowest BCUT2D eigenvalue weighted by Gasteiger charge is -2.59. The summed E-state index contributed by atoms with van der Waals surface area (Å²) < 4.78 is 23.7. The van der Waals surface area contributed by atoms with Gasteiger partial charge in [-0.25, -0.2) is 4.79 Å². The number of aliphatic hydroxyl groups is 1. The van der Waals surface area contributed by atoms with E-state index in [9.17, 15) is 24.3 Å². The van der Waals surface area contributed by atoms with Crippen LogP contribution < -0.4 is 0 Å². The highest BCUT2D eigenvalue weighted by Gasteiger charge is 2.63. The Morgan fingerprint density at radius 2 is 1.52 bits per heavy atom. The lowest BCUT2D eigenvalue weighted by Crippen LogP contribution is -2.63. The van der Waals surface area contributed by atoms with Crippen molar-refractivity contribution in [3.05, 3.63) is 65.3 Å². The number of ether oxygens (including phenoxy) is 4. The molecule has 1 N–H and O–H groups in total. The van der Waals surface area contributed by atoms with Gasteiger partial charge in [-0.2, -0.15) is 0 Å². The van der Waals surface area contributed by atoms with E-state index in [2.05, 4.69) is 6.58 Å². The Balaban J connectivity index is 1.81. The fourth-order valence-corrected chi connectivity index (χ4v) is 7.86. The summed E-state index contributed by atoms with van der Waals surface area (Å²) in [4.78, 5) is 50.3. The number of rotatable bonds is 6. The fourth-order valence-electron chi connectivity index (χ4n) is 7.86. The number of fused-ring (bicyclic) bond motifs is 3. The number of aliphatic hydroxyl groups excluding tert-OH is 1. The van der Waals surface area contributed by atoms with Crippen molar-refractivity contribution in [3.8, 4) is 0 Å². The molecule has 2 bridgehead atoms. The normalized spacial score (nSPS) is 33.0. The van der Waals surface area contributed by atoms with Crippen LogP contribution in [-0.4, -0.2) is 59.5 Å². The zero-order valence-electron chi connectivity index (χ0n) is 26.6. The van der Waals surface area contributed by atoms with E-state index in [0.29, 0.717) is 36.0 Å². The summed E-state index contributed by atoms with van der Waals surface area (Å²) in [6.07, 6.45) is -0.427. The van der Waals surface area contributed by atoms with Crippen LogP contribution in [0.3, 0.4) is 0 Å². The number of hydrogen-bond acceptors (Lipinski definition) is 9. The third-order valence-corrected chi connectivity index (χ3v) is 9.79. The van der Waals surface area contributed by atoms with Crippen molar-refractivity contribution < 1.29 is 43.2 Å². The third-order valence-electron chi connectivity index (χ3n) is 9.79. The number of hydrogen-bond donors (Lipinski definition) is 1. The van der Waals surface area contributed by atoms with Crippen molar-refractivity contribution >= 4 is 30.0 Å². The maximum atomic E-state index is 12.9. The van der Waals surface area contributed by atoms with Crippen molar-refractivity contribution in [2.75, 3.05) is 0 Å². The molecule has 2 fully saturated rings. The second kappa shape index (κ2) is 12.7. The van der Waals surface area contributed by atoms with Gasteiger partial charge in [0, 0.05) is 38.2 Å². The van der Waals surface area contributed by atoms with Crippen LogP contribution in [0.5, 0.6) is 0 Å². The number of esters is 4. The second-order valence-electron chi connectivity index (χ2n) is 13.1. The van der Waals surface area contributed by atoms with Crippen molar-refractivity contribution in [1.82, 2.24) is 0 Å². The van der Waals surface area contributed by atoms with E-state index in [1.54, 1.807) is 6.08 Å². The molecule has 1 aromatic rings. The predicted molar refractivity (Wildman–Crippen MR) is 163 cm³/mol. The molecule has 0 aliphatic heterocycles. The number of benzene rings is 1. The van der Waals surface area contributed by atoms with Gasteiger partial charge in [0.15, 0.2) is 6.10 Å². The largest absolute Gasteiger partial charge is 0.458 e. The summed E-state index contributed by atoms with van der Waals surface area (Å²) in [5.41, 5.74) is 0.955. The maximum Gasteiger partial charge on any atom is 0.331 e. The van der Waals surface area contributed by atoms with Crippen LogP contribution in [0.4, 0.5) is 0 Å². The van der Waals surface area contributed by atoms with Crippen LogP contribution in [0.15, 0.2) is 59.7 Å². The molecule has 44 heavy (non-hydrogen) atoms. The lowest BCUT2D eigenvalue weighted by molar-refractivity contribution is -0.198. The first kappa shape index (κ1) is 33.2. The molecule has 0 heterocycles. The molecule has 0 saturated heterocycles. The third kappa shape index (κ3) is 6.39. The molecule has 1 aromatic carbocycles. The summed E-state index contributed by atoms with van der Waals surface area (Å²) >= 11 is 0. The summed E-state index contributed by atoms with van der Waals surface area (Å²) in [5, 5.41) is 12.3. The van der Waals surface area contributed by atoms with E-state index in [-0.39, 0.29) is 0 Å². The van der Waals surface area contributed by atoms with Gasteiger partial charge >= 0.3 is 23.9 Å². The standard InChI is InChI=1S/C35H44O9/c1-19-26(44-28(39)15-14-24-12-10-9-11-13-24)16-17-35(8)29(19)31(40)25-18-27(41-21(3)36)20(2)30(34(25,6)7)32(42-22(4)37)33(35)43-23(5)38/h9-15,25-27,29,31-33,40H,1,16-18H2,2-8H3/t25-,26-,27-,29-,31+,32+,33-,35+/m0/s1. The Labute approximate surface area is 259 Å². The Morgan fingerprint density at radius 3 is 2.11 bits per heavy atom. The molecule has 3 aliphatic carbocycles. The van der Waals surface area contributed by atoms with Crippen LogP contribution in [0.1, 0.15) is 73.3 Å². The van der Waals surface area contributed by atoms with Gasteiger partial charge in [0.25, 0.3) is 0 Å². The van der Waals surface area contributed by atoms with E-state index >= 15 is 0 Å². The van der Waals surface area contributed by atoms with Gasteiger partial charge < -0.3 is 24.1 Å². The summed E-state index contributed by atoms with van der Waals surface area (Å²) in [6, 6.07) is 9.36. The monoisotopic (exact) mass is 608 g/mol. The molecule has 0 spiro atoms. The highest BCUT2D eigenvalue weighted by Crippen LogP contribution is 2.60. The molecule has 2 saturated carbocycles. The minimum atomic E-state index is -1.05. The lowest BCUT2D eigenvalue weighted by atomic mass is 9.49. The zero-order chi connectivity index (χ0) is 32.6. The van der Waals surface area contributed by atoms with E-state index in [0.717, 1.165) is 5.56 Å². The Kier molecular flexibility index (Phi) is 9.59. The molecule has 238 valence electrons. The van der Waals surface area contributed by atoms with Gasteiger partial charge in [0.1, 0.15) is 18.3 Å². The average Bonchev–Trinajstić information content (AvgIpc) is 2.92. The first-order chi connectivity index (χ1) is 20.6. The van der Waals surface area contributed by atoms with Crippen molar-refractivity contribution in [2.24, 2.45) is 22.7 Å². The molecule has 4 rings (SSSR count). The molecular weight excluding hydrogens is 564 g/mol. The van der Waals surface area contributed by atoms with Crippen LogP contribution in [0.25, 0.3) is 6.08 Å². The first-order valence-corrected chi connectivity index (χ1v) is 15.1. The fraction of sp³-hybridized carbons (Fsp3) is 0.543. The molecule has 0 unspecified atom stereocenters. The van der Waals surface area contributed by atoms with Gasteiger partial charge in [0.05, 0.1) is 6.10 Å². The molecule has 8 atom stereocenters. The molecule has 0 radical (unpaired) electrons. The summed E-state index contributed by atoms with van der Waals surface area (Å²) in [5.74, 6) is -3.38. The molecular formula is C35H44O9. The number of carbonyl (C=O) groups is 4. The topological polar surface area (TPSA) is 125 Å². The highest BCUT2D eigenvalue weighted by atomic mass is 16.6. The quantitative estimate of drug-likeness (QED) is 0.203. The van der Waals surface area contributed by atoms with Crippen molar-refractivity contribution in [3.63, 3.8) is 0 Å². The van der Waals surface area contributed by atoms with E-state index < -0.39 is 77.1 Å². The van der Waals surface area contributed by atoms with Crippen molar-refractivity contribution in [2.45, 2.75) is 98.2 Å². The van der Waals surface area contributed by atoms with Gasteiger partial charge in [0.2, 0.25) is 0 Å². The molecule has 0 amide bonds. The van der Waals surface area contributed by atoms with Crippen LogP contribution in [0.2, 0.25) is 0 Å². The average molecular weight is 609 g/mol. The van der Waals surface area contributed by atoms with E-state index in [1.807, 2.05) is 58.0 Å². The Morgan fingerprint density at radius 1 is 0.909 bits per heavy atom. The Bertz CT molecular complexity index is 1370. The first-order valence-electron chi connectivity index (χ1n) is 15.1. The van der Waals surface area contributed by atoms with Crippen LogP contribution >= 0.6 is 0 Å². The minimum absolute atomic E-state index is 0.318. The smallest absolute Gasteiger partial charge is 0.331 e. The summed E-state index contributed by atoms with van der Waals surface area (Å²) in [6.45, 7) is 15.9. The molecule has 3 aliphatic rings. The predicted octanol–water partition coefficient (Wildman–Crippen LogP) is 5.12. The van der Waals surface area contributed by atoms with Gasteiger partial charge in [-0.1, -0.05) is 57.7 Å². The highest BCUT2D eigenvalue weighted by molar-refractivity contribution is 5.87. The Hall–Kier alpha value is -3.72. The van der Waals surface area contributed by atoms with Gasteiger partial charge in [-0.3, -0.25) is 14.4 Å². The van der Waals surface area contributed by atoms with Crippen LogP contribution in [-0.2, 0) is 38.1 Å². The maximum absolute atomic E-state index is 12.9. The van der Waals surface area contributed by atoms with E-state index in [4.69, 9.17) is 18.9 Å². The molecule has 0 aromatic heterocycles. The van der Waals surface area contributed by atoms with Crippen molar-refractivity contribution in [1.29, 1.82) is 0 Å². The summed E-state index contributed by atoms with van der Waals surface area (Å²) in [7, 11) is 0. The molecule has 9 nitrogen and oxygen atoms in total. The SMILES string of the molecule is C=C1[C@@H](OC(=O)C=Cc2ccccc2)CC[C@@]2(C)[C@@H](OC(C)=O)[C@H](OC(C)=O)C3=C(C)[C@@H](OC(C)=O)C[C@@H]([C@@H](O)[C@H]12)C3(C)C. The van der Waals surface area contributed by atoms with Crippen LogP contribution in [0, 0.1) is 22.7 Å². The second-order valence-corrected chi connectivity index (χ2v) is 13.1. The van der Waals surface area contributed by atoms with E-state index in [1.165, 1.54) is 26.8 Å². The zero-order valence-corrected chi connectivity index (χ0v) is 26.6. The van der Waals surface area contributed by atoms with Gasteiger partial charge in [-0.15, -0.1) is 0 Å². The number of carbonyl (C=O) groups excluding carboxylic acids is 4. The molecule has 9 heteroatoms. The minimum Gasteiger partial charge on any atom is -0.458 e.